The Bertz CT molecular complexity index is 1080. The molecule has 0 bridgehead atoms. The molecule has 0 fully saturated rings. The molecule has 1 heterocycles. The summed E-state index contributed by atoms with van der Waals surface area (Å²) >= 11 is 12.1. The number of carbonyl (C=O) groups is 2. The summed E-state index contributed by atoms with van der Waals surface area (Å²) in [7, 11) is 0. The van der Waals surface area contributed by atoms with Gasteiger partial charge in [0.25, 0.3) is 0 Å². The van der Waals surface area contributed by atoms with Crippen molar-refractivity contribution in [1.29, 1.82) is 0 Å². The van der Waals surface area contributed by atoms with Crippen molar-refractivity contribution in [3.63, 3.8) is 0 Å². The van der Waals surface area contributed by atoms with Gasteiger partial charge in [-0.2, -0.15) is 5.10 Å². The molecule has 30 heavy (non-hydrogen) atoms. The first-order chi connectivity index (χ1) is 14.3. The fourth-order valence-corrected chi connectivity index (χ4v) is 3.57. The second-order valence-corrected chi connectivity index (χ2v) is 7.86. The van der Waals surface area contributed by atoms with Crippen LogP contribution in [-0.2, 0) is 22.4 Å². The molecule has 1 aromatic heterocycles. The molecule has 2 aromatic carbocycles. The van der Waals surface area contributed by atoms with Crippen LogP contribution in [0.5, 0.6) is 0 Å². The first kappa shape index (κ1) is 21.9. The van der Waals surface area contributed by atoms with Crippen LogP contribution in [0.1, 0.15) is 22.5 Å². The van der Waals surface area contributed by atoms with Crippen LogP contribution in [-0.4, -0.2) is 27.6 Å². The van der Waals surface area contributed by atoms with E-state index >= 15 is 0 Å². The molecule has 0 radical (unpaired) electrons. The Morgan fingerprint density at radius 1 is 1.10 bits per heavy atom. The summed E-state index contributed by atoms with van der Waals surface area (Å²) in [5, 5.41) is 8.15. The van der Waals surface area contributed by atoms with Gasteiger partial charge in [0.05, 0.1) is 27.8 Å². The fraction of sp³-hybridized carbons (Fsp3) is 0.227. The summed E-state index contributed by atoms with van der Waals surface area (Å²) in [6.07, 6.45) is 0.417. The number of aromatic nitrogens is 2. The SMILES string of the molecule is Cc1nn(-c2ccc(Cl)c(Cl)c2)c(C)c1CC(=O)NC(Cc1ccccc1)C(N)=O. The van der Waals surface area contributed by atoms with E-state index in [1.54, 1.807) is 22.9 Å². The molecule has 1 unspecified atom stereocenters. The van der Waals surface area contributed by atoms with Crippen molar-refractivity contribution in [2.75, 3.05) is 0 Å². The molecule has 8 heteroatoms. The minimum atomic E-state index is -0.786. The molecule has 0 aliphatic rings. The van der Waals surface area contributed by atoms with Crippen LogP contribution >= 0.6 is 23.2 Å². The largest absolute Gasteiger partial charge is 0.368 e. The first-order valence-electron chi connectivity index (χ1n) is 9.39. The molecule has 6 nitrogen and oxygen atoms in total. The zero-order chi connectivity index (χ0) is 21.8. The van der Waals surface area contributed by atoms with Crippen molar-refractivity contribution in [2.45, 2.75) is 32.7 Å². The Kier molecular flexibility index (Phi) is 6.80. The highest BCUT2D eigenvalue weighted by Gasteiger charge is 2.21. The molecule has 3 aromatic rings. The van der Waals surface area contributed by atoms with Crippen molar-refractivity contribution >= 4 is 35.0 Å². The second kappa shape index (κ2) is 9.32. The average molecular weight is 445 g/mol. The maximum Gasteiger partial charge on any atom is 0.240 e. The molecule has 0 saturated carbocycles. The summed E-state index contributed by atoms with van der Waals surface area (Å²) in [6, 6.07) is 13.8. The van der Waals surface area contributed by atoms with Gasteiger partial charge in [-0.25, -0.2) is 4.68 Å². The number of nitrogens with zero attached hydrogens (tertiary/aromatic N) is 2. The van der Waals surface area contributed by atoms with Gasteiger partial charge < -0.3 is 11.1 Å². The van der Waals surface area contributed by atoms with Crippen LogP contribution in [0.25, 0.3) is 5.69 Å². The van der Waals surface area contributed by atoms with Crippen LogP contribution in [0.2, 0.25) is 10.0 Å². The average Bonchev–Trinajstić information content (AvgIpc) is 2.98. The van der Waals surface area contributed by atoms with Gasteiger partial charge in [0, 0.05) is 17.7 Å². The maximum absolute atomic E-state index is 12.7. The molecular formula is C22H22Cl2N4O2. The van der Waals surface area contributed by atoms with Gasteiger partial charge in [-0.3, -0.25) is 9.59 Å². The molecule has 0 saturated heterocycles. The number of benzene rings is 2. The lowest BCUT2D eigenvalue weighted by atomic mass is 10.0. The van der Waals surface area contributed by atoms with E-state index in [1.807, 2.05) is 44.2 Å². The minimum Gasteiger partial charge on any atom is -0.368 e. The Morgan fingerprint density at radius 2 is 1.80 bits per heavy atom. The lowest BCUT2D eigenvalue weighted by Gasteiger charge is -2.16. The van der Waals surface area contributed by atoms with Crippen LogP contribution in [0.15, 0.2) is 48.5 Å². The van der Waals surface area contributed by atoms with E-state index in [1.165, 1.54) is 0 Å². The molecule has 3 rings (SSSR count). The number of halogens is 2. The maximum atomic E-state index is 12.7. The molecule has 0 aliphatic carbocycles. The lowest BCUT2D eigenvalue weighted by molar-refractivity contribution is -0.127. The zero-order valence-corrected chi connectivity index (χ0v) is 18.2. The number of primary amides is 1. The number of amides is 2. The Morgan fingerprint density at radius 3 is 2.43 bits per heavy atom. The Labute approximate surface area is 185 Å². The summed E-state index contributed by atoms with van der Waals surface area (Å²) in [5.41, 5.74) is 9.46. The molecule has 3 N–H and O–H groups in total. The smallest absolute Gasteiger partial charge is 0.240 e. The number of rotatable bonds is 7. The van der Waals surface area contributed by atoms with Gasteiger partial charge in [-0.1, -0.05) is 53.5 Å². The summed E-state index contributed by atoms with van der Waals surface area (Å²) in [6.45, 7) is 3.71. The molecule has 0 spiro atoms. The molecule has 0 aliphatic heterocycles. The molecular weight excluding hydrogens is 423 g/mol. The number of hydrogen-bond donors (Lipinski definition) is 2. The fourth-order valence-electron chi connectivity index (χ4n) is 3.28. The van der Waals surface area contributed by atoms with E-state index in [2.05, 4.69) is 10.4 Å². The van der Waals surface area contributed by atoms with E-state index in [0.29, 0.717) is 22.2 Å². The van der Waals surface area contributed by atoms with Crippen molar-refractivity contribution in [1.82, 2.24) is 15.1 Å². The number of carbonyl (C=O) groups excluding carboxylic acids is 2. The third-order valence-electron chi connectivity index (χ3n) is 4.89. The molecule has 1 atom stereocenters. The van der Waals surface area contributed by atoms with Crippen molar-refractivity contribution < 1.29 is 9.59 Å². The van der Waals surface area contributed by atoms with Crippen molar-refractivity contribution in [2.24, 2.45) is 5.73 Å². The van der Waals surface area contributed by atoms with E-state index in [0.717, 1.165) is 22.5 Å². The Balaban J connectivity index is 1.76. The van der Waals surface area contributed by atoms with Gasteiger partial charge in [0.1, 0.15) is 6.04 Å². The van der Waals surface area contributed by atoms with E-state index in [9.17, 15) is 9.59 Å². The third kappa shape index (κ3) is 5.01. The molecule has 156 valence electrons. The summed E-state index contributed by atoms with van der Waals surface area (Å²) in [4.78, 5) is 24.5. The zero-order valence-electron chi connectivity index (χ0n) is 16.7. The minimum absolute atomic E-state index is 0.0809. The van der Waals surface area contributed by atoms with E-state index in [4.69, 9.17) is 28.9 Å². The highest BCUT2D eigenvalue weighted by Crippen LogP contribution is 2.26. The number of nitrogens with one attached hydrogen (secondary N) is 1. The second-order valence-electron chi connectivity index (χ2n) is 7.05. The van der Waals surface area contributed by atoms with E-state index in [-0.39, 0.29) is 12.3 Å². The predicted molar refractivity (Wildman–Crippen MR) is 118 cm³/mol. The quantitative estimate of drug-likeness (QED) is 0.583. The van der Waals surface area contributed by atoms with E-state index < -0.39 is 11.9 Å². The number of nitrogens with two attached hydrogens (primary N) is 1. The van der Waals surface area contributed by atoms with Crippen molar-refractivity contribution in [3.05, 3.63) is 81.1 Å². The highest BCUT2D eigenvalue weighted by molar-refractivity contribution is 6.42. The van der Waals surface area contributed by atoms with Gasteiger partial charge in [-0.15, -0.1) is 0 Å². The topological polar surface area (TPSA) is 90.0 Å². The van der Waals surface area contributed by atoms with Crippen LogP contribution < -0.4 is 11.1 Å². The van der Waals surface area contributed by atoms with Crippen molar-refractivity contribution in [3.8, 4) is 5.69 Å². The first-order valence-corrected chi connectivity index (χ1v) is 10.1. The van der Waals surface area contributed by atoms with Gasteiger partial charge in [0.15, 0.2) is 0 Å². The predicted octanol–water partition coefficient (Wildman–Crippen LogP) is 3.55. The number of hydrogen-bond acceptors (Lipinski definition) is 3. The van der Waals surface area contributed by atoms with Crippen LogP contribution in [0.3, 0.4) is 0 Å². The standard InChI is InChI=1S/C22H22Cl2N4O2/c1-13-17(14(2)28(27-13)16-8-9-18(23)19(24)11-16)12-21(29)26-20(22(25)30)10-15-6-4-3-5-7-15/h3-9,11,20H,10,12H2,1-2H3,(H2,25,30)(H,26,29). The Hall–Kier alpha value is -2.83. The van der Waals surface area contributed by atoms with Gasteiger partial charge in [-0.05, 0) is 37.6 Å². The van der Waals surface area contributed by atoms with Gasteiger partial charge >= 0.3 is 0 Å². The number of aryl methyl sites for hydroxylation is 1. The van der Waals surface area contributed by atoms with Gasteiger partial charge in [0.2, 0.25) is 11.8 Å². The summed E-state index contributed by atoms with van der Waals surface area (Å²) in [5.74, 6) is -0.873. The summed E-state index contributed by atoms with van der Waals surface area (Å²) < 4.78 is 1.72. The third-order valence-corrected chi connectivity index (χ3v) is 5.63. The highest BCUT2D eigenvalue weighted by atomic mass is 35.5. The normalized spacial score (nSPS) is 11.9. The molecule has 2 amide bonds. The van der Waals surface area contributed by atoms with Crippen LogP contribution in [0.4, 0.5) is 0 Å². The lowest BCUT2D eigenvalue weighted by Crippen LogP contribution is -2.46. The van der Waals surface area contributed by atoms with Crippen LogP contribution in [0, 0.1) is 13.8 Å². The monoisotopic (exact) mass is 444 g/mol.